The minimum atomic E-state index is -0.321. The lowest BCUT2D eigenvalue weighted by molar-refractivity contribution is -0.125. The minimum Gasteiger partial charge on any atom is -0.394 e. The molecule has 0 aromatic carbocycles. The zero-order valence-corrected chi connectivity index (χ0v) is 12.3. The molecule has 2 saturated carbocycles. The maximum Gasteiger partial charge on any atom is 0.220 e. The number of carbonyl (C=O) groups excluding carboxylic acids is 1. The summed E-state index contributed by atoms with van der Waals surface area (Å²) in [4.78, 5) is 12.2. The highest BCUT2D eigenvalue weighted by molar-refractivity contribution is 5.77. The van der Waals surface area contributed by atoms with Gasteiger partial charge in [0.05, 0.1) is 12.1 Å². The van der Waals surface area contributed by atoms with Crippen molar-refractivity contribution >= 4 is 5.91 Å². The van der Waals surface area contributed by atoms with Gasteiger partial charge >= 0.3 is 0 Å². The molecule has 0 saturated heterocycles. The Hall–Kier alpha value is -0.570. The van der Waals surface area contributed by atoms with E-state index in [2.05, 4.69) is 12.2 Å². The normalized spacial score (nSPS) is 33.1. The highest BCUT2D eigenvalue weighted by atomic mass is 16.3. The third kappa shape index (κ3) is 4.20. The van der Waals surface area contributed by atoms with Crippen LogP contribution in [0.25, 0.3) is 0 Å². The highest BCUT2D eigenvalue weighted by Gasteiger charge is 2.35. The average molecular weight is 267 g/mol. The third-order valence-corrected chi connectivity index (χ3v) is 5.14. The van der Waals surface area contributed by atoms with E-state index < -0.39 is 0 Å². The molecule has 0 atom stereocenters. The molecule has 2 rings (SSSR count). The van der Waals surface area contributed by atoms with Crippen molar-refractivity contribution in [2.24, 2.45) is 11.8 Å². The quantitative estimate of drug-likeness (QED) is 0.822. The molecule has 2 fully saturated rings. The predicted octanol–water partition coefficient (Wildman–Crippen LogP) is 3.01. The van der Waals surface area contributed by atoms with Crippen LogP contribution in [0.2, 0.25) is 0 Å². The second-order valence-electron chi connectivity index (χ2n) is 6.88. The Labute approximate surface area is 117 Å². The maximum absolute atomic E-state index is 12.2. The van der Waals surface area contributed by atoms with Crippen LogP contribution in [0.5, 0.6) is 0 Å². The fraction of sp³-hybridized carbons (Fsp3) is 0.938. The van der Waals surface area contributed by atoms with Gasteiger partial charge in [0, 0.05) is 6.42 Å². The first-order valence-electron chi connectivity index (χ1n) is 8.05. The molecule has 2 aliphatic carbocycles. The van der Waals surface area contributed by atoms with Gasteiger partial charge in [-0.25, -0.2) is 0 Å². The van der Waals surface area contributed by atoms with E-state index in [1.54, 1.807) is 0 Å². The van der Waals surface area contributed by atoms with Gasteiger partial charge in [-0.1, -0.05) is 26.2 Å². The Bertz CT molecular complexity index is 289. The summed E-state index contributed by atoms with van der Waals surface area (Å²) in [6.45, 7) is 2.35. The Kier molecular flexibility index (Phi) is 5.26. The van der Waals surface area contributed by atoms with Crippen LogP contribution in [0.15, 0.2) is 0 Å². The largest absolute Gasteiger partial charge is 0.394 e. The molecule has 0 aromatic heterocycles. The van der Waals surface area contributed by atoms with Gasteiger partial charge in [0.25, 0.3) is 0 Å². The van der Waals surface area contributed by atoms with Crippen LogP contribution in [0, 0.1) is 11.8 Å². The van der Waals surface area contributed by atoms with Gasteiger partial charge < -0.3 is 10.4 Å². The molecular weight excluding hydrogens is 238 g/mol. The lowest BCUT2D eigenvalue weighted by atomic mass is 9.77. The van der Waals surface area contributed by atoms with Crippen LogP contribution in [0.3, 0.4) is 0 Å². The van der Waals surface area contributed by atoms with E-state index in [1.165, 1.54) is 32.1 Å². The Balaban J connectivity index is 1.82. The van der Waals surface area contributed by atoms with E-state index in [9.17, 15) is 9.90 Å². The van der Waals surface area contributed by atoms with Crippen LogP contribution in [0.4, 0.5) is 0 Å². The summed E-state index contributed by atoms with van der Waals surface area (Å²) >= 11 is 0. The summed E-state index contributed by atoms with van der Waals surface area (Å²) in [6, 6.07) is 0. The molecule has 0 aromatic rings. The number of aliphatic hydroxyl groups excluding tert-OH is 1. The van der Waals surface area contributed by atoms with Crippen molar-refractivity contribution in [3.05, 3.63) is 0 Å². The first-order chi connectivity index (χ1) is 9.13. The molecule has 3 heteroatoms. The molecule has 0 bridgehead atoms. The summed E-state index contributed by atoms with van der Waals surface area (Å²) in [7, 11) is 0. The first kappa shape index (κ1) is 14.8. The summed E-state index contributed by atoms with van der Waals surface area (Å²) < 4.78 is 0. The zero-order chi connectivity index (χ0) is 13.7. The summed E-state index contributed by atoms with van der Waals surface area (Å²) in [5.74, 6) is 1.47. The SMILES string of the molecule is CC1CCC(CO)(NC(=O)CC2CCCCC2)CC1. The van der Waals surface area contributed by atoms with Crippen molar-refractivity contribution in [2.75, 3.05) is 6.61 Å². The zero-order valence-electron chi connectivity index (χ0n) is 12.3. The van der Waals surface area contributed by atoms with Crippen LogP contribution in [-0.4, -0.2) is 23.2 Å². The molecule has 0 aliphatic heterocycles. The predicted molar refractivity (Wildman–Crippen MR) is 76.8 cm³/mol. The Morgan fingerprint density at radius 2 is 1.79 bits per heavy atom. The van der Waals surface area contributed by atoms with Gasteiger partial charge in [0.1, 0.15) is 0 Å². The monoisotopic (exact) mass is 267 g/mol. The molecule has 19 heavy (non-hydrogen) atoms. The molecule has 1 amide bonds. The number of carbonyl (C=O) groups is 1. The van der Waals surface area contributed by atoms with Gasteiger partial charge in [-0.05, 0) is 50.4 Å². The number of amides is 1. The molecule has 110 valence electrons. The van der Waals surface area contributed by atoms with E-state index in [0.717, 1.165) is 31.6 Å². The van der Waals surface area contributed by atoms with E-state index in [1.807, 2.05) is 0 Å². The van der Waals surface area contributed by atoms with Gasteiger partial charge in [0.15, 0.2) is 0 Å². The number of aliphatic hydroxyl groups is 1. The van der Waals surface area contributed by atoms with Gasteiger partial charge in [-0.2, -0.15) is 0 Å². The van der Waals surface area contributed by atoms with Crippen molar-refractivity contribution in [2.45, 2.75) is 76.7 Å². The molecule has 3 nitrogen and oxygen atoms in total. The van der Waals surface area contributed by atoms with Crippen molar-refractivity contribution < 1.29 is 9.90 Å². The van der Waals surface area contributed by atoms with Crippen LogP contribution >= 0.6 is 0 Å². The van der Waals surface area contributed by atoms with Crippen molar-refractivity contribution in [1.29, 1.82) is 0 Å². The minimum absolute atomic E-state index is 0.0934. The number of rotatable bonds is 4. The lowest BCUT2D eigenvalue weighted by Gasteiger charge is -2.39. The summed E-state index contributed by atoms with van der Waals surface area (Å²) in [6.07, 6.45) is 11.1. The topological polar surface area (TPSA) is 49.3 Å². The second kappa shape index (κ2) is 6.74. The fourth-order valence-electron chi connectivity index (χ4n) is 3.64. The van der Waals surface area contributed by atoms with Gasteiger partial charge in [0.2, 0.25) is 5.91 Å². The number of nitrogens with one attached hydrogen (secondary N) is 1. The number of hydrogen-bond acceptors (Lipinski definition) is 2. The summed E-state index contributed by atoms with van der Waals surface area (Å²) in [5, 5.41) is 12.8. The maximum atomic E-state index is 12.2. The highest BCUT2D eigenvalue weighted by Crippen LogP contribution is 2.32. The second-order valence-corrected chi connectivity index (χ2v) is 6.88. The van der Waals surface area contributed by atoms with E-state index in [-0.39, 0.29) is 18.1 Å². The standard InChI is InChI=1S/C16H29NO2/c1-13-7-9-16(12-18,10-8-13)17-15(19)11-14-5-3-2-4-6-14/h13-14,18H,2-12H2,1H3,(H,17,19). The Morgan fingerprint density at radius 1 is 1.16 bits per heavy atom. The van der Waals surface area contributed by atoms with E-state index in [4.69, 9.17) is 0 Å². The average Bonchev–Trinajstić information content (AvgIpc) is 2.43. The van der Waals surface area contributed by atoms with Crippen LogP contribution < -0.4 is 5.32 Å². The molecule has 0 radical (unpaired) electrons. The number of hydrogen-bond donors (Lipinski definition) is 2. The fourth-order valence-corrected chi connectivity index (χ4v) is 3.64. The smallest absolute Gasteiger partial charge is 0.220 e. The van der Waals surface area contributed by atoms with E-state index >= 15 is 0 Å². The van der Waals surface area contributed by atoms with Crippen molar-refractivity contribution in [3.8, 4) is 0 Å². The lowest BCUT2D eigenvalue weighted by Crippen LogP contribution is -2.53. The molecule has 2 aliphatic rings. The molecule has 0 heterocycles. The molecule has 0 unspecified atom stereocenters. The molecule has 2 N–H and O–H groups in total. The Morgan fingerprint density at radius 3 is 2.37 bits per heavy atom. The van der Waals surface area contributed by atoms with Crippen LogP contribution in [-0.2, 0) is 4.79 Å². The van der Waals surface area contributed by atoms with Crippen molar-refractivity contribution in [1.82, 2.24) is 5.32 Å². The van der Waals surface area contributed by atoms with E-state index in [0.29, 0.717) is 12.3 Å². The molecule has 0 spiro atoms. The first-order valence-corrected chi connectivity index (χ1v) is 8.05. The third-order valence-electron chi connectivity index (χ3n) is 5.14. The van der Waals surface area contributed by atoms with Gasteiger partial charge in [-0.3, -0.25) is 4.79 Å². The van der Waals surface area contributed by atoms with Crippen molar-refractivity contribution in [3.63, 3.8) is 0 Å². The molecular formula is C16H29NO2. The van der Waals surface area contributed by atoms with Crippen LogP contribution in [0.1, 0.15) is 71.1 Å². The summed E-state index contributed by atoms with van der Waals surface area (Å²) in [5.41, 5.74) is -0.321. The van der Waals surface area contributed by atoms with Gasteiger partial charge in [-0.15, -0.1) is 0 Å².